The van der Waals surface area contributed by atoms with E-state index < -0.39 is 360 Å². The van der Waals surface area contributed by atoms with Crippen molar-refractivity contribution in [1.29, 1.82) is 0 Å². The van der Waals surface area contributed by atoms with Gasteiger partial charge in [-0.3, -0.25) is 24.5 Å². The summed E-state index contributed by atoms with van der Waals surface area (Å²) in [6.07, 6.45) is -53.4. The van der Waals surface area contributed by atoms with Gasteiger partial charge < -0.3 is 72.9 Å². The number of rotatable bonds is 20. The summed E-state index contributed by atoms with van der Waals surface area (Å²) in [5, 5.41) is 56.6. The minimum absolute atomic E-state index is 0.0231. The largest absolute Gasteiger partial charge is 0.493 e. The first-order valence-corrected chi connectivity index (χ1v) is 35.9. The summed E-state index contributed by atoms with van der Waals surface area (Å²) in [6.45, 7) is -27.3. The fourth-order valence-corrected chi connectivity index (χ4v) is 13.6. The van der Waals surface area contributed by atoms with E-state index in [0.29, 0.717) is 47.3 Å². The Morgan fingerprint density at radius 1 is 0.339 bits per heavy atom. The molecule has 5 fully saturated rings. The number of aliphatic hydroxyl groups is 5. The first-order chi connectivity index (χ1) is 83.3. The van der Waals surface area contributed by atoms with Crippen LogP contribution in [-0.2, 0) is 32.1 Å². The van der Waals surface area contributed by atoms with Crippen molar-refractivity contribution in [2.45, 2.75) is 225 Å². The number of hydrogen-bond acceptors (Lipinski definition) is 20. The van der Waals surface area contributed by atoms with Crippen LogP contribution in [0.5, 0.6) is 57.5 Å². The lowest BCUT2D eigenvalue weighted by Crippen LogP contribution is -2.48. The molecule has 19 atom stereocenters. The van der Waals surface area contributed by atoms with E-state index in [1.165, 1.54) is 35.5 Å². The number of benzene rings is 5. The summed E-state index contributed by atoms with van der Waals surface area (Å²) in [5.41, 5.74) is -1.98. The molecule has 10 aliphatic rings. The average molecular weight is 1670 g/mol. The Morgan fingerprint density at radius 2 is 0.530 bits per heavy atom. The van der Waals surface area contributed by atoms with Crippen LogP contribution in [0.15, 0.2) is 60.4 Å². The second kappa shape index (κ2) is 40.6. The van der Waals surface area contributed by atoms with Crippen molar-refractivity contribution < 1.29 is 173 Å². The minimum atomic E-state index is -4.13. The molecule has 0 spiro atoms. The molecule has 10 heterocycles. The molecule has 0 aliphatic carbocycles. The van der Waals surface area contributed by atoms with Crippen molar-refractivity contribution in [3.8, 4) is 57.5 Å². The fourth-order valence-electron chi connectivity index (χ4n) is 13.6. The monoisotopic (exact) mass is 1670 g/mol. The first-order valence-electron chi connectivity index (χ1n) is 72.4. The summed E-state index contributed by atoms with van der Waals surface area (Å²) in [5.74, 6) is -36.3. The van der Waals surface area contributed by atoms with Crippen molar-refractivity contribution >= 4 is 0 Å². The molecule has 20 heteroatoms. The number of fused-ring (bicyclic) bond motifs is 15. The lowest BCUT2D eigenvalue weighted by molar-refractivity contribution is -0.0192. The van der Waals surface area contributed by atoms with Crippen molar-refractivity contribution in [1.82, 2.24) is 24.5 Å². The van der Waals surface area contributed by atoms with Crippen LogP contribution < -0.4 is 47.4 Å². The van der Waals surface area contributed by atoms with Gasteiger partial charge in [-0.25, -0.2) is 0 Å². The highest BCUT2D eigenvalue weighted by Crippen LogP contribution is 2.50. The SMILES string of the molecule is [2H]c1c2c(c([2H])c(OC([2H])([2H])[2H])c1OC)C1N(CC2)C([2H])([2H])C([2H])(C([2H])([2H])C([2H])(C)C([2H])([2H])[2H])C([2H])(O)C1([2H])[2H].[2H]c1c2c(c([2H])c(OC([2H])([2H])[2H])c1OC)C1N(CC2)C([2H])([2H])C([2H])(C([2H])([2H])C([2H])(C)C([2H])([2H])[2H])C([2H])(O)C1([2H])[2H].[2H]c1c2c(c([2H])c(OC([2H])([2H])[2H])c1OC)C1N(CC2)C([2H])([2H])C([2H])(CC(C)C)C([2H])(O)C1([2H])[2H].[2H]c1c2c(c([2H])c(OC)c1OC)C1N(CC2)C([2H])([2H])C([2H])(C([2H])([2H])C([2H])(C)C([2H])([2H])[2H])C([2H])(O)C1([2H])[2H].[2H]c1c2c(c([2H])c(OC)c1OC)C1N(CC2)C([2H])([2H])C([2H])(C([2H])([2H])C([2H])(C)C([2H])([2H])[2H])C([2H])(O)C1([2H])[2H]. The summed E-state index contributed by atoms with van der Waals surface area (Å²) < 4.78 is 660. The predicted octanol–water partition coefficient (Wildman–Crippen LogP) is 15.1. The molecular weight excluding hydrogens is 1450 g/mol. The molecule has 19 unspecified atom stereocenters. The summed E-state index contributed by atoms with van der Waals surface area (Å²) in [7, 11) is -1.25. The number of ether oxygens (including phenoxy) is 10. The maximum absolute atomic E-state index is 11.4. The fraction of sp³-hybridized carbons (Fsp3) is 0.684. The Morgan fingerprint density at radius 3 is 0.722 bits per heavy atom. The van der Waals surface area contributed by atoms with E-state index in [-0.39, 0.29) is 142 Å². The van der Waals surface area contributed by atoms with Crippen LogP contribution >= 0.6 is 0 Å². The maximum atomic E-state index is 11.4. The number of nitrogens with zero attached hydrogens (tertiary/aromatic N) is 5. The highest BCUT2D eigenvalue weighted by Gasteiger charge is 2.45. The summed E-state index contributed by atoms with van der Waals surface area (Å²) in [4.78, 5) is 3.44. The molecule has 20 nitrogen and oxygen atoms in total. The van der Waals surface area contributed by atoms with Gasteiger partial charge in [-0.15, -0.1) is 0 Å². The van der Waals surface area contributed by atoms with Crippen LogP contribution in [-0.4, -0.2) is 217 Å². The van der Waals surface area contributed by atoms with Gasteiger partial charge in [0.1, 0.15) is 0 Å². The molecule has 15 rings (SSSR count). The van der Waals surface area contributed by atoms with Gasteiger partial charge in [0.05, 0.1) is 134 Å². The molecule has 0 amide bonds. The van der Waals surface area contributed by atoms with Crippen LogP contribution in [0.25, 0.3) is 0 Å². The van der Waals surface area contributed by atoms with E-state index in [0.717, 1.165) is 19.1 Å². The topological polar surface area (TPSA) is 210 Å². The van der Waals surface area contributed by atoms with Crippen molar-refractivity contribution in [3.63, 3.8) is 0 Å². The zero-order valence-electron chi connectivity index (χ0n) is 138. The molecule has 5 N–H and O–H groups in total. The van der Waals surface area contributed by atoms with Gasteiger partial charge in [0.15, 0.2) is 57.5 Å². The molecule has 0 saturated carbocycles. The van der Waals surface area contributed by atoms with E-state index in [1.54, 1.807) is 13.8 Å². The molecule has 115 heavy (non-hydrogen) atoms. The number of hydrogen-bond donors (Lipinski definition) is 5. The third kappa shape index (κ3) is 21.1. The Hall–Kier alpha value is -6.30. The molecule has 5 aromatic carbocycles. The molecule has 5 saturated heterocycles. The lowest BCUT2D eigenvalue weighted by atomic mass is 9.79. The smallest absolute Gasteiger partial charge is 0.161 e. The normalized spacial score (nSPS) is 50.8. The van der Waals surface area contributed by atoms with E-state index in [9.17, 15) is 25.5 Å². The van der Waals surface area contributed by atoms with Crippen LogP contribution in [0.3, 0.4) is 0 Å². The first kappa shape index (κ1) is 34.3. The van der Waals surface area contributed by atoms with Crippen molar-refractivity contribution in [3.05, 3.63) is 116 Å². The molecule has 0 bridgehead atoms. The van der Waals surface area contributed by atoms with Crippen molar-refractivity contribution in [2.75, 3.05) is 136 Å². The second-order valence-electron chi connectivity index (χ2n) is 27.1. The summed E-state index contributed by atoms with van der Waals surface area (Å²) in [6, 6.07) is -15.5. The van der Waals surface area contributed by atoms with E-state index in [1.807, 2.05) is 0 Å². The van der Waals surface area contributed by atoms with Gasteiger partial charge in [0, 0.05) is 163 Å². The molecule has 640 valence electrons. The van der Waals surface area contributed by atoms with Gasteiger partial charge in [0.2, 0.25) is 0 Å². The van der Waals surface area contributed by atoms with Crippen LogP contribution in [0.4, 0.5) is 0 Å². The molecule has 5 aromatic rings. The summed E-state index contributed by atoms with van der Waals surface area (Å²) >= 11 is 0. The third-order valence-electron chi connectivity index (χ3n) is 18.7. The van der Waals surface area contributed by atoms with Gasteiger partial charge in [-0.2, -0.15) is 0 Å². The Bertz CT molecular complexity index is 7220. The van der Waals surface area contributed by atoms with Gasteiger partial charge in [-0.05, 0) is 271 Å². The molecule has 0 aromatic heterocycles. The Labute approximate surface area is 792 Å². The highest BCUT2D eigenvalue weighted by molar-refractivity contribution is 5.54. The van der Waals surface area contributed by atoms with Gasteiger partial charge in [-0.1, -0.05) is 68.9 Å². The number of piperidine rings is 5. The van der Waals surface area contributed by atoms with Crippen LogP contribution in [0.1, 0.15) is 319 Å². The molecule has 10 aliphatic heterocycles. The zero-order chi connectivity index (χ0) is 147. The standard InChI is InChI=1S/5C19H29NO3/c5*1-12(2)7-14-11-20-6-5-13-8-18(22-3)19(23-4)9-15(13)16(20)10-17(14)21/h5*8-9,12,14,16-17,21H,5-7,10-11H2,1-4H3/i2*1D3,4D3,7D2,8D,9D,10D2,11D2,12D,14D,17D;2*1D3,7D2,8D,9D,10D2,11D2,12D,14D,17D;4D3,8D,9D,10D2,11D2,14D,17D. The highest BCUT2D eigenvalue weighted by atomic mass is 16.5. The zero-order valence-corrected chi connectivity index (χ0v) is 65.3. The predicted molar refractivity (Wildman–Crippen MR) is 456 cm³/mol. The number of methoxy groups -OCH3 is 10. The van der Waals surface area contributed by atoms with Gasteiger partial charge >= 0.3 is 0 Å². The second-order valence-corrected chi connectivity index (χ2v) is 27.1. The van der Waals surface area contributed by atoms with Crippen LogP contribution in [0, 0.1) is 59.0 Å². The van der Waals surface area contributed by atoms with E-state index in [2.05, 4.69) is 0 Å². The van der Waals surface area contributed by atoms with Crippen molar-refractivity contribution in [2.24, 2.45) is 59.0 Å². The maximum Gasteiger partial charge on any atom is 0.161 e. The Balaban J connectivity index is 0.000000217. The quantitative estimate of drug-likeness (QED) is 0.0491. The lowest BCUT2D eigenvalue weighted by Gasteiger charge is -2.46. The molecular formula is C95H145N5O15. The third-order valence-corrected chi connectivity index (χ3v) is 18.7. The Kier molecular flexibility index (Phi) is 12.1. The minimum Gasteiger partial charge on any atom is -0.493 e. The van der Waals surface area contributed by atoms with E-state index in [4.69, 9.17) is 147 Å². The average Bonchev–Trinajstić information content (AvgIpc) is 0.658. The van der Waals surface area contributed by atoms with Crippen LogP contribution in [0.2, 0.25) is 0 Å². The van der Waals surface area contributed by atoms with Gasteiger partial charge in [0.25, 0.3) is 0 Å². The van der Waals surface area contributed by atoms with E-state index >= 15 is 0 Å². The molecule has 0 radical (unpaired) electrons.